The molecule has 0 amide bonds. The van der Waals surface area contributed by atoms with Crippen LogP contribution in [0.25, 0.3) is 0 Å². The zero-order valence-electron chi connectivity index (χ0n) is 19.6. The van der Waals surface area contributed by atoms with Crippen molar-refractivity contribution in [2.45, 2.75) is 92.1 Å². The van der Waals surface area contributed by atoms with Gasteiger partial charge in [-0.3, -0.25) is 0 Å². The number of aliphatic hydroxyl groups excluding tert-OH is 1. The normalized spacial score (nSPS) is 38.2. The van der Waals surface area contributed by atoms with E-state index in [1.54, 1.807) is 5.57 Å². The third-order valence-electron chi connectivity index (χ3n) is 8.63. The minimum absolute atomic E-state index is 0.182. The number of hydrogen-bond donors (Lipinski definition) is 1. The Morgan fingerprint density at radius 3 is 2.52 bits per heavy atom. The summed E-state index contributed by atoms with van der Waals surface area (Å²) in [5.41, 5.74) is 4.61. The third kappa shape index (κ3) is 4.98. The van der Waals surface area contributed by atoms with Gasteiger partial charge in [-0.25, -0.2) is 0 Å². The Bertz CT molecular complexity index is 678. The number of hydrogen-bond acceptors (Lipinski definition) is 1. The van der Waals surface area contributed by atoms with E-state index in [1.165, 1.54) is 43.3 Å². The lowest BCUT2D eigenvalue weighted by Crippen LogP contribution is -2.35. The van der Waals surface area contributed by atoms with E-state index < -0.39 is 0 Å². The Morgan fingerprint density at radius 2 is 1.79 bits per heavy atom. The lowest BCUT2D eigenvalue weighted by molar-refractivity contribution is 0.112. The summed E-state index contributed by atoms with van der Waals surface area (Å²) >= 11 is 0. The Labute approximate surface area is 180 Å². The summed E-state index contributed by atoms with van der Waals surface area (Å²) in [7, 11) is 0. The van der Waals surface area contributed by atoms with Crippen molar-refractivity contribution < 1.29 is 5.11 Å². The highest BCUT2D eigenvalue weighted by molar-refractivity contribution is 5.36. The van der Waals surface area contributed by atoms with Crippen molar-refractivity contribution in [2.75, 3.05) is 0 Å². The maximum atomic E-state index is 10.0. The average molecular weight is 397 g/mol. The number of fused-ring (bicyclic) bond motifs is 1. The van der Waals surface area contributed by atoms with Crippen molar-refractivity contribution in [2.24, 2.45) is 35.0 Å². The van der Waals surface area contributed by atoms with E-state index in [0.717, 1.165) is 37.0 Å². The van der Waals surface area contributed by atoms with Crippen molar-refractivity contribution in [3.05, 3.63) is 47.6 Å². The van der Waals surface area contributed by atoms with Crippen LogP contribution in [0.5, 0.6) is 0 Å². The standard InChI is InChI=1S/C28H44O/c1-19(2)20(3)9-10-22(5)26-15-16-27-23(8-7-17-28(26,27)6)12-13-24-18-25(29)14-11-21(24)4/h9-10,12-13,19-20,22,25-27,29H,4,7-8,11,14-18H2,1-3,5-6H3/b10-9+,23-12+,24-13-/t20-,22+,25+,26?,27?,28?/m0/s1. The SMILES string of the molecule is C=C1CC[C@@H](O)C/C1=C/C=C1\CCCC2(C)C1CCC2[C@H](C)/C=C/[C@H](C)C(C)C. The minimum atomic E-state index is -0.182. The molecule has 1 heteroatoms. The van der Waals surface area contributed by atoms with Crippen LogP contribution < -0.4 is 0 Å². The molecule has 0 radical (unpaired) electrons. The first-order valence-electron chi connectivity index (χ1n) is 12.2. The summed E-state index contributed by atoms with van der Waals surface area (Å²) in [4.78, 5) is 0. The fourth-order valence-electron chi connectivity index (χ4n) is 6.25. The summed E-state index contributed by atoms with van der Waals surface area (Å²) in [6.07, 6.45) is 18.8. The van der Waals surface area contributed by atoms with E-state index in [-0.39, 0.29) is 6.10 Å². The van der Waals surface area contributed by atoms with E-state index >= 15 is 0 Å². The van der Waals surface area contributed by atoms with Crippen LogP contribution in [0, 0.1) is 35.0 Å². The Hall–Kier alpha value is -1.08. The summed E-state index contributed by atoms with van der Waals surface area (Å²) in [6.45, 7) is 16.3. The van der Waals surface area contributed by atoms with Gasteiger partial charge in [0, 0.05) is 0 Å². The van der Waals surface area contributed by atoms with Crippen LogP contribution in [0.4, 0.5) is 0 Å². The molecule has 3 aliphatic carbocycles. The van der Waals surface area contributed by atoms with Crippen molar-refractivity contribution in [3.63, 3.8) is 0 Å². The van der Waals surface area contributed by atoms with Crippen molar-refractivity contribution >= 4 is 0 Å². The first-order valence-corrected chi connectivity index (χ1v) is 12.2. The van der Waals surface area contributed by atoms with Crippen LogP contribution in [-0.4, -0.2) is 11.2 Å². The van der Waals surface area contributed by atoms with Gasteiger partial charge in [-0.15, -0.1) is 0 Å². The number of aliphatic hydroxyl groups is 1. The summed E-state index contributed by atoms with van der Waals surface area (Å²) in [5, 5.41) is 10.0. The molecule has 0 heterocycles. The van der Waals surface area contributed by atoms with Gasteiger partial charge in [-0.05, 0) is 91.9 Å². The number of allylic oxidation sites excluding steroid dienone is 6. The molecule has 0 aromatic carbocycles. The van der Waals surface area contributed by atoms with E-state index in [0.29, 0.717) is 17.3 Å². The predicted octanol–water partition coefficient (Wildman–Crippen LogP) is 7.64. The molecule has 3 fully saturated rings. The van der Waals surface area contributed by atoms with Gasteiger partial charge >= 0.3 is 0 Å². The van der Waals surface area contributed by atoms with Gasteiger partial charge < -0.3 is 5.11 Å². The Balaban J connectivity index is 1.75. The summed E-state index contributed by atoms with van der Waals surface area (Å²) in [5.74, 6) is 3.58. The van der Waals surface area contributed by atoms with E-state index in [9.17, 15) is 5.11 Å². The third-order valence-corrected chi connectivity index (χ3v) is 8.63. The molecule has 3 saturated carbocycles. The van der Waals surface area contributed by atoms with Gasteiger partial charge in [0.2, 0.25) is 0 Å². The molecule has 162 valence electrons. The first kappa shape index (κ1) is 22.6. The fourth-order valence-corrected chi connectivity index (χ4v) is 6.25. The van der Waals surface area contributed by atoms with Crippen LogP contribution in [0.15, 0.2) is 47.6 Å². The van der Waals surface area contributed by atoms with E-state index in [2.05, 4.69) is 65.5 Å². The van der Waals surface area contributed by atoms with Crippen molar-refractivity contribution in [1.82, 2.24) is 0 Å². The number of rotatable bonds is 5. The predicted molar refractivity (Wildman–Crippen MR) is 126 cm³/mol. The molecular weight excluding hydrogens is 352 g/mol. The molecule has 0 aliphatic heterocycles. The lowest BCUT2D eigenvalue weighted by Gasteiger charge is -2.44. The minimum Gasteiger partial charge on any atom is -0.393 e. The smallest absolute Gasteiger partial charge is 0.0583 e. The molecule has 3 unspecified atom stereocenters. The molecule has 29 heavy (non-hydrogen) atoms. The van der Waals surface area contributed by atoms with Crippen LogP contribution in [0.2, 0.25) is 0 Å². The topological polar surface area (TPSA) is 20.2 Å². The van der Waals surface area contributed by atoms with Crippen molar-refractivity contribution in [1.29, 1.82) is 0 Å². The largest absolute Gasteiger partial charge is 0.393 e. The van der Waals surface area contributed by atoms with Gasteiger partial charge in [-0.1, -0.05) is 76.6 Å². The van der Waals surface area contributed by atoms with Crippen LogP contribution >= 0.6 is 0 Å². The maximum absolute atomic E-state index is 10.0. The Kier molecular flexibility index (Phi) is 7.31. The van der Waals surface area contributed by atoms with Crippen LogP contribution in [0.3, 0.4) is 0 Å². The van der Waals surface area contributed by atoms with Gasteiger partial charge in [0.1, 0.15) is 0 Å². The molecule has 1 nitrogen and oxygen atoms in total. The van der Waals surface area contributed by atoms with Gasteiger partial charge in [-0.2, -0.15) is 0 Å². The molecule has 3 aliphatic rings. The zero-order chi connectivity index (χ0) is 21.2. The second-order valence-electron chi connectivity index (χ2n) is 10.9. The maximum Gasteiger partial charge on any atom is 0.0583 e. The molecule has 6 atom stereocenters. The monoisotopic (exact) mass is 396 g/mol. The van der Waals surface area contributed by atoms with Gasteiger partial charge in [0.15, 0.2) is 0 Å². The molecule has 0 spiro atoms. The molecule has 0 aromatic heterocycles. The first-order chi connectivity index (χ1) is 13.7. The Morgan fingerprint density at radius 1 is 1.03 bits per heavy atom. The summed E-state index contributed by atoms with van der Waals surface area (Å²) in [6, 6.07) is 0. The van der Waals surface area contributed by atoms with Crippen LogP contribution in [0.1, 0.15) is 86.0 Å². The lowest BCUT2D eigenvalue weighted by atomic mass is 9.61. The second kappa shape index (κ2) is 9.38. The van der Waals surface area contributed by atoms with Crippen molar-refractivity contribution in [3.8, 4) is 0 Å². The molecule has 3 rings (SSSR count). The highest BCUT2D eigenvalue weighted by atomic mass is 16.3. The molecule has 1 N–H and O–H groups in total. The van der Waals surface area contributed by atoms with E-state index in [4.69, 9.17) is 0 Å². The van der Waals surface area contributed by atoms with Crippen LogP contribution in [-0.2, 0) is 0 Å². The molecule has 0 saturated heterocycles. The van der Waals surface area contributed by atoms with Gasteiger partial charge in [0.05, 0.1) is 6.10 Å². The highest BCUT2D eigenvalue weighted by Crippen LogP contribution is 2.59. The zero-order valence-corrected chi connectivity index (χ0v) is 19.6. The molecular formula is C28H44O. The molecule has 0 bridgehead atoms. The summed E-state index contributed by atoms with van der Waals surface area (Å²) < 4.78 is 0. The van der Waals surface area contributed by atoms with Gasteiger partial charge in [0.25, 0.3) is 0 Å². The fraction of sp³-hybridized carbons (Fsp3) is 0.714. The highest BCUT2D eigenvalue weighted by Gasteiger charge is 2.50. The quantitative estimate of drug-likeness (QED) is 0.473. The average Bonchev–Trinajstić information content (AvgIpc) is 3.04. The second-order valence-corrected chi connectivity index (χ2v) is 10.9. The molecule has 0 aromatic rings. The van der Waals surface area contributed by atoms with E-state index in [1.807, 2.05) is 0 Å².